The molecule has 0 saturated carbocycles. The smallest absolute Gasteiger partial charge is 0.243 e. The minimum atomic E-state index is -0.957. The fourth-order valence-electron chi connectivity index (χ4n) is 6.13. The third-order valence-electron chi connectivity index (χ3n) is 8.79. The summed E-state index contributed by atoms with van der Waals surface area (Å²) >= 11 is 0. The summed E-state index contributed by atoms with van der Waals surface area (Å²) in [5.41, 5.74) is 1.71. The lowest BCUT2D eigenvalue weighted by atomic mass is 9.92. The highest BCUT2D eigenvalue weighted by molar-refractivity contribution is 5.94. The van der Waals surface area contributed by atoms with Crippen molar-refractivity contribution in [1.82, 2.24) is 21.3 Å². The molecule has 46 heavy (non-hydrogen) atoms. The van der Waals surface area contributed by atoms with Gasteiger partial charge in [0.05, 0.1) is 25.7 Å². The van der Waals surface area contributed by atoms with Gasteiger partial charge < -0.3 is 30.8 Å². The van der Waals surface area contributed by atoms with Gasteiger partial charge in [-0.3, -0.25) is 19.2 Å². The van der Waals surface area contributed by atoms with Crippen LogP contribution in [-0.4, -0.2) is 67.8 Å². The van der Waals surface area contributed by atoms with Crippen LogP contribution in [0.5, 0.6) is 0 Å². The van der Waals surface area contributed by atoms with E-state index in [0.29, 0.717) is 45.3 Å². The van der Waals surface area contributed by atoms with E-state index in [1.165, 1.54) is 0 Å². The molecular formula is C36H42N4O6. The normalized spacial score (nSPS) is 18.3. The fourth-order valence-corrected chi connectivity index (χ4v) is 6.13. The maximum atomic E-state index is 13.9. The van der Waals surface area contributed by atoms with Crippen LogP contribution in [0, 0.1) is 11.8 Å². The summed E-state index contributed by atoms with van der Waals surface area (Å²) in [7, 11) is 0. The lowest BCUT2D eigenvalue weighted by Gasteiger charge is -2.31. The molecule has 2 aliphatic heterocycles. The lowest BCUT2D eigenvalue weighted by molar-refractivity contribution is -0.134. The highest BCUT2D eigenvalue weighted by Gasteiger charge is 2.33. The van der Waals surface area contributed by atoms with E-state index in [1.807, 2.05) is 72.8 Å². The molecule has 4 amide bonds. The van der Waals surface area contributed by atoms with Crippen LogP contribution in [0.1, 0.15) is 43.2 Å². The van der Waals surface area contributed by atoms with Crippen LogP contribution in [0.2, 0.25) is 0 Å². The summed E-state index contributed by atoms with van der Waals surface area (Å²) in [6, 6.07) is 20.3. The molecule has 2 heterocycles. The van der Waals surface area contributed by atoms with Gasteiger partial charge in [-0.1, -0.05) is 72.8 Å². The van der Waals surface area contributed by atoms with E-state index in [4.69, 9.17) is 4.74 Å². The van der Waals surface area contributed by atoms with E-state index in [9.17, 15) is 24.0 Å². The molecule has 0 unspecified atom stereocenters. The SMILES string of the molecule is O=C[C@H](CC[C@@H]1CCCNC1=O)NC(=O)[C@H](CC1COC1)NC(=O)[C@H](Cc1cccc2ccccc12)NC(=O)Cc1ccccc1. The monoisotopic (exact) mass is 626 g/mol. The van der Waals surface area contributed by atoms with Crippen LogP contribution in [0.25, 0.3) is 10.8 Å². The molecule has 4 N–H and O–H groups in total. The molecular weight excluding hydrogens is 584 g/mol. The molecule has 0 radical (unpaired) electrons. The third-order valence-corrected chi connectivity index (χ3v) is 8.79. The van der Waals surface area contributed by atoms with Crippen molar-refractivity contribution in [3.63, 3.8) is 0 Å². The zero-order chi connectivity index (χ0) is 32.3. The Morgan fingerprint density at radius 2 is 1.63 bits per heavy atom. The minimum absolute atomic E-state index is 0.0242. The van der Waals surface area contributed by atoms with Crippen LogP contribution in [0.15, 0.2) is 72.8 Å². The van der Waals surface area contributed by atoms with Crippen molar-refractivity contribution in [3.05, 3.63) is 83.9 Å². The van der Waals surface area contributed by atoms with Gasteiger partial charge in [-0.2, -0.15) is 0 Å². The zero-order valence-corrected chi connectivity index (χ0v) is 25.9. The number of hydrogen-bond donors (Lipinski definition) is 4. The number of ether oxygens (including phenoxy) is 1. The van der Waals surface area contributed by atoms with Crippen LogP contribution in [0.3, 0.4) is 0 Å². The molecule has 0 bridgehead atoms. The van der Waals surface area contributed by atoms with Crippen molar-refractivity contribution in [2.24, 2.45) is 11.8 Å². The number of fused-ring (bicyclic) bond motifs is 1. The Bertz CT molecular complexity index is 1520. The van der Waals surface area contributed by atoms with Gasteiger partial charge in [-0.05, 0) is 54.0 Å². The molecule has 2 saturated heterocycles. The molecule has 2 fully saturated rings. The Kier molecular flexibility index (Phi) is 11.5. The van der Waals surface area contributed by atoms with Crippen LogP contribution < -0.4 is 21.3 Å². The Balaban J connectivity index is 1.30. The maximum absolute atomic E-state index is 13.9. The molecule has 3 aromatic carbocycles. The highest BCUT2D eigenvalue weighted by atomic mass is 16.5. The highest BCUT2D eigenvalue weighted by Crippen LogP contribution is 2.22. The number of hydrogen-bond acceptors (Lipinski definition) is 6. The second-order valence-electron chi connectivity index (χ2n) is 12.3. The first-order chi connectivity index (χ1) is 22.4. The summed E-state index contributed by atoms with van der Waals surface area (Å²) in [6.45, 7) is 1.60. The van der Waals surface area contributed by atoms with Gasteiger partial charge in [0.2, 0.25) is 23.6 Å². The number of rotatable bonds is 15. The second kappa shape index (κ2) is 16.1. The van der Waals surface area contributed by atoms with Gasteiger partial charge in [-0.25, -0.2) is 0 Å². The van der Waals surface area contributed by atoms with Crippen molar-refractivity contribution in [1.29, 1.82) is 0 Å². The quantitative estimate of drug-likeness (QED) is 0.191. The molecule has 3 aromatic rings. The van der Waals surface area contributed by atoms with Crippen molar-refractivity contribution in [2.45, 2.75) is 63.1 Å². The largest absolute Gasteiger partial charge is 0.381 e. The zero-order valence-electron chi connectivity index (χ0n) is 25.9. The van der Waals surface area contributed by atoms with E-state index in [0.717, 1.165) is 34.7 Å². The molecule has 242 valence electrons. The number of carbonyl (C=O) groups is 5. The summed E-state index contributed by atoms with van der Waals surface area (Å²) < 4.78 is 5.32. The van der Waals surface area contributed by atoms with Crippen molar-refractivity contribution in [3.8, 4) is 0 Å². The van der Waals surface area contributed by atoms with Crippen molar-refractivity contribution < 1.29 is 28.7 Å². The Hall–Kier alpha value is -4.57. The number of benzene rings is 3. The van der Waals surface area contributed by atoms with Gasteiger partial charge >= 0.3 is 0 Å². The number of nitrogens with one attached hydrogen (secondary N) is 4. The Morgan fingerprint density at radius 3 is 2.37 bits per heavy atom. The topological polar surface area (TPSA) is 143 Å². The molecule has 0 aliphatic carbocycles. The molecule has 10 nitrogen and oxygen atoms in total. The van der Waals surface area contributed by atoms with E-state index < -0.39 is 29.9 Å². The minimum Gasteiger partial charge on any atom is -0.381 e. The average molecular weight is 627 g/mol. The standard InChI is InChI=1S/C36H42N4O6/c41-21-29(16-15-27-13-7-17-37-34(27)43)38-35(44)31(18-25-22-46-23-25)40-36(45)32(39-33(42)19-24-8-2-1-3-9-24)20-28-12-6-11-26-10-4-5-14-30(26)28/h1-6,8-12,14,21,25,27,29,31-32H,7,13,15-20,22-23H2,(H,37,43)(H,38,44)(H,39,42)(H,40,45)/t27-,29-,31-,32-/m0/s1. The van der Waals surface area contributed by atoms with E-state index in [2.05, 4.69) is 21.3 Å². The number of aldehydes is 1. The van der Waals surface area contributed by atoms with Gasteiger partial charge in [0.1, 0.15) is 18.4 Å². The van der Waals surface area contributed by atoms with Crippen LogP contribution in [0.4, 0.5) is 0 Å². The second-order valence-corrected chi connectivity index (χ2v) is 12.3. The molecule has 0 aromatic heterocycles. The molecule has 4 atom stereocenters. The van der Waals surface area contributed by atoms with E-state index >= 15 is 0 Å². The van der Waals surface area contributed by atoms with Crippen LogP contribution in [-0.2, 0) is 41.6 Å². The first-order valence-electron chi connectivity index (χ1n) is 16.1. The first kappa shape index (κ1) is 32.8. The molecule has 0 spiro atoms. The number of piperidine rings is 1. The average Bonchev–Trinajstić information content (AvgIpc) is 3.04. The predicted molar refractivity (Wildman–Crippen MR) is 174 cm³/mol. The van der Waals surface area contributed by atoms with Crippen LogP contribution >= 0.6 is 0 Å². The van der Waals surface area contributed by atoms with Crippen molar-refractivity contribution >= 4 is 40.7 Å². The van der Waals surface area contributed by atoms with Gasteiger partial charge in [0.15, 0.2) is 0 Å². The van der Waals surface area contributed by atoms with Crippen molar-refractivity contribution in [2.75, 3.05) is 19.8 Å². The van der Waals surface area contributed by atoms with Gasteiger partial charge in [-0.15, -0.1) is 0 Å². The summed E-state index contributed by atoms with van der Waals surface area (Å²) in [4.78, 5) is 64.8. The van der Waals surface area contributed by atoms with Gasteiger partial charge in [0.25, 0.3) is 0 Å². The molecule has 2 aliphatic rings. The fraction of sp³-hybridized carbons (Fsp3) is 0.417. The number of amides is 4. The Morgan fingerprint density at radius 1 is 0.891 bits per heavy atom. The predicted octanol–water partition coefficient (Wildman–Crippen LogP) is 2.62. The van der Waals surface area contributed by atoms with Gasteiger partial charge in [0, 0.05) is 24.8 Å². The lowest BCUT2D eigenvalue weighted by Crippen LogP contribution is -2.57. The summed E-state index contributed by atoms with van der Waals surface area (Å²) in [5.74, 6) is -1.43. The summed E-state index contributed by atoms with van der Waals surface area (Å²) in [6.07, 6.45) is 3.75. The van der Waals surface area contributed by atoms with E-state index in [1.54, 1.807) is 0 Å². The van der Waals surface area contributed by atoms with E-state index in [-0.39, 0.29) is 36.5 Å². The Labute approximate surface area is 269 Å². The first-order valence-corrected chi connectivity index (χ1v) is 16.1. The molecule has 5 rings (SSSR count). The molecule has 10 heteroatoms. The maximum Gasteiger partial charge on any atom is 0.243 e. The number of carbonyl (C=O) groups excluding carboxylic acids is 5. The third kappa shape index (κ3) is 9.00. The summed E-state index contributed by atoms with van der Waals surface area (Å²) in [5, 5.41) is 13.4.